The van der Waals surface area contributed by atoms with Crippen LogP contribution >= 0.6 is 0 Å². The summed E-state index contributed by atoms with van der Waals surface area (Å²) in [7, 11) is 0. The molecule has 1 aliphatic heterocycles. The van der Waals surface area contributed by atoms with E-state index in [-0.39, 0.29) is 17.4 Å². The molecule has 6 nitrogen and oxygen atoms in total. The summed E-state index contributed by atoms with van der Waals surface area (Å²) in [5.74, 6) is -1.12. The van der Waals surface area contributed by atoms with Gasteiger partial charge in [0.05, 0.1) is 16.8 Å². The molecule has 102 valence electrons. The van der Waals surface area contributed by atoms with E-state index in [1.54, 1.807) is 13.0 Å². The van der Waals surface area contributed by atoms with Gasteiger partial charge in [0.15, 0.2) is 0 Å². The average molecular weight is 263 g/mol. The van der Waals surface area contributed by atoms with Crippen LogP contribution in [-0.4, -0.2) is 27.5 Å². The molecule has 3 N–H and O–H groups in total. The normalized spacial score (nSPS) is 26.5. The number of amides is 1. The van der Waals surface area contributed by atoms with Crippen molar-refractivity contribution in [3.05, 3.63) is 29.6 Å². The van der Waals surface area contributed by atoms with Gasteiger partial charge in [-0.05, 0) is 25.0 Å². The molecule has 2 atom stereocenters. The lowest BCUT2D eigenvalue weighted by atomic mass is 9.89. The van der Waals surface area contributed by atoms with Crippen LogP contribution in [0.25, 0.3) is 0 Å². The third-order valence-corrected chi connectivity index (χ3v) is 3.69. The number of nitrogens with one attached hydrogen (secondary N) is 2. The Morgan fingerprint density at radius 1 is 1.53 bits per heavy atom. The number of aromatic carboxylic acids is 1. The van der Waals surface area contributed by atoms with Crippen molar-refractivity contribution in [2.24, 2.45) is 5.92 Å². The fraction of sp³-hybridized carbons (Fsp3) is 0.462. The van der Waals surface area contributed by atoms with Crippen LogP contribution in [0.5, 0.6) is 0 Å². The minimum absolute atomic E-state index is 0.0782. The molecule has 0 aromatic carbocycles. The van der Waals surface area contributed by atoms with Crippen molar-refractivity contribution in [2.75, 3.05) is 0 Å². The van der Waals surface area contributed by atoms with E-state index in [1.807, 2.05) is 13.8 Å². The Balaban J connectivity index is 2.36. The van der Waals surface area contributed by atoms with Gasteiger partial charge in [0.1, 0.15) is 6.17 Å². The Labute approximate surface area is 111 Å². The average Bonchev–Trinajstić information content (AvgIpc) is 2.67. The van der Waals surface area contributed by atoms with Gasteiger partial charge in [0.25, 0.3) is 0 Å². The van der Waals surface area contributed by atoms with Gasteiger partial charge in [-0.3, -0.25) is 15.1 Å². The first kappa shape index (κ1) is 13.5. The number of aromatic nitrogens is 1. The fourth-order valence-electron chi connectivity index (χ4n) is 2.08. The van der Waals surface area contributed by atoms with Gasteiger partial charge in [0.2, 0.25) is 5.91 Å². The maximum atomic E-state index is 12.1. The molecule has 6 heteroatoms. The van der Waals surface area contributed by atoms with Crippen molar-refractivity contribution in [3.63, 3.8) is 0 Å². The van der Waals surface area contributed by atoms with Crippen molar-refractivity contribution in [2.45, 2.75) is 32.5 Å². The molecule has 0 bridgehead atoms. The quantitative estimate of drug-likeness (QED) is 0.754. The number of hydrogen-bond donors (Lipinski definition) is 3. The minimum atomic E-state index is -1.06. The first-order valence-corrected chi connectivity index (χ1v) is 6.13. The summed E-state index contributed by atoms with van der Waals surface area (Å²) in [4.78, 5) is 27.3. The lowest BCUT2D eigenvalue weighted by molar-refractivity contribution is -0.125. The number of nitrogens with zero attached hydrogens (tertiary/aromatic N) is 1. The first-order chi connectivity index (χ1) is 8.86. The van der Waals surface area contributed by atoms with Gasteiger partial charge in [-0.1, -0.05) is 13.8 Å². The molecule has 0 saturated carbocycles. The lowest BCUT2D eigenvalue weighted by Gasteiger charge is -2.26. The monoisotopic (exact) mass is 263 g/mol. The molecule has 1 aromatic heterocycles. The summed E-state index contributed by atoms with van der Waals surface area (Å²) >= 11 is 0. The largest absolute Gasteiger partial charge is 0.478 e. The van der Waals surface area contributed by atoms with Crippen LogP contribution in [0.3, 0.4) is 0 Å². The molecule has 2 unspecified atom stereocenters. The van der Waals surface area contributed by atoms with Crippen LogP contribution in [0, 0.1) is 5.92 Å². The highest BCUT2D eigenvalue weighted by Crippen LogP contribution is 2.28. The summed E-state index contributed by atoms with van der Waals surface area (Å²) < 4.78 is 0. The zero-order valence-electron chi connectivity index (χ0n) is 11.1. The van der Waals surface area contributed by atoms with Crippen LogP contribution in [0.4, 0.5) is 0 Å². The standard InChI is InChI=1S/C13H17N3O3/c1-7(2)13(3)12(19)15-10(16-13)9-8(11(17)18)5-4-6-14-9/h4-7,10,16H,1-3H3,(H,15,19)(H,17,18). The number of carboxylic acid groups (broad SMARTS) is 1. The summed E-state index contributed by atoms with van der Waals surface area (Å²) in [6.07, 6.45) is 0.938. The van der Waals surface area contributed by atoms with Crippen LogP contribution in [0.15, 0.2) is 18.3 Å². The van der Waals surface area contributed by atoms with Gasteiger partial charge in [-0.2, -0.15) is 0 Å². The van der Waals surface area contributed by atoms with E-state index in [1.165, 1.54) is 12.3 Å². The van der Waals surface area contributed by atoms with E-state index in [0.717, 1.165) is 0 Å². The Hall–Kier alpha value is -1.95. The SMILES string of the molecule is CC(C)C1(C)NC(c2ncccc2C(=O)O)NC1=O. The van der Waals surface area contributed by atoms with Crippen molar-refractivity contribution in [3.8, 4) is 0 Å². The van der Waals surface area contributed by atoms with Crippen LogP contribution < -0.4 is 10.6 Å². The molecule has 0 spiro atoms. The van der Waals surface area contributed by atoms with E-state index in [2.05, 4.69) is 15.6 Å². The maximum absolute atomic E-state index is 12.1. The molecule has 1 fully saturated rings. The second-order valence-corrected chi connectivity index (χ2v) is 5.15. The van der Waals surface area contributed by atoms with Gasteiger partial charge in [0, 0.05) is 6.20 Å². The zero-order valence-corrected chi connectivity index (χ0v) is 11.1. The van der Waals surface area contributed by atoms with Crippen LogP contribution in [0.2, 0.25) is 0 Å². The smallest absolute Gasteiger partial charge is 0.337 e. The molecule has 19 heavy (non-hydrogen) atoms. The van der Waals surface area contributed by atoms with Crippen molar-refractivity contribution >= 4 is 11.9 Å². The molecule has 0 radical (unpaired) electrons. The number of rotatable bonds is 3. The first-order valence-electron chi connectivity index (χ1n) is 6.13. The topological polar surface area (TPSA) is 91.3 Å². The van der Waals surface area contributed by atoms with E-state index < -0.39 is 17.7 Å². The molecule has 2 rings (SSSR count). The zero-order chi connectivity index (χ0) is 14.2. The molecular weight excluding hydrogens is 246 g/mol. The Kier molecular flexibility index (Phi) is 3.28. The number of pyridine rings is 1. The van der Waals surface area contributed by atoms with Crippen LogP contribution in [-0.2, 0) is 4.79 Å². The minimum Gasteiger partial charge on any atom is -0.478 e. The van der Waals surface area contributed by atoms with Crippen molar-refractivity contribution < 1.29 is 14.7 Å². The van der Waals surface area contributed by atoms with Gasteiger partial charge in [-0.15, -0.1) is 0 Å². The second-order valence-electron chi connectivity index (χ2n) is 5.15. The summed E-state index contributed by atoms with van der Waals surface area (Å²) in [6.45, 7) is 5.67. The lowest BCUT2D eigenvalue weighted by Crippen LogP contribution is -2.48. The maximum Gasteiger partial charge on any atom is 0.337 e. The molecule has 1 aromatic rings. The number of carbonyl (C=O) groups is 2. The third kappa shape index (κ3) is 2.19. The summed E-state index contributed by atoms with van der Waals surface area (Å²) in [6, 6.07) is 3.04. The third-order valence-electron chi connectivity index (χ3n) is 3.69. The summed E-state index contributed by atoms with van der Waals surface area (Å²) in [5.41, 5.74) is -0.307. The Bertz CT molecular complexity index is 530. The molecular formula is C13H17N3O3. The van der Waals surface area contributed by atoms with Crippen LogP contribution in [0.1, 0.15) is 43.0 Å². The molecule has 0 aliphatic carbocycles. The Morgan fingerprint density at radius 2 is 2.21 bits per heavy atom. The van der Waals surface area contributed by atoms with E-state index >= 15 is 0 Å². The highest BCUT2D eigenvalue weighted by Gasteiger charge is 2.46. The molecule has 1 saturated heterocycles. The van der Waals surface area contributed by atoms with Crippen molar-refractivity contribution in [1.29, 1.82) is 0 Å². The number of carbonyl (C=O) groups excluding carboxylic acids is 1. The predicted molar refractivity (Wildman–Crippen MR) is 68.5 cm³/mol. The second kappa shape index (κ2) is 4.62. The molecule has 1 amide bonds. The van der Waals surface area contributed by atoms with E-state index in [9.17, 15) is 9.59 Å². The molecule has 2 heterocycles. The number of carboxylic acids is 1. The highest BCUT2D eigenvalue weighted by molar-refractivity contribution is 5.91. The van der Waals surface area contributed by atoms with Crippen molar-refractivity contribution in [1.82, 2.24) is 15.6 Å². The van der Waals surface area contributed by atoms with E-state index in [0.29, 0.717) is 5.69 Å². The highest BCUT2D eigenvalue weighted by atomic mass is 16.4. The summed E-state index contributed by atoms with van der Waals surface area (Å²) in [5, 5.41) is 15.1. The van der Waals surface area contributed by atoms with E-state index in [4.69, 9.17) is 5.11 Å². The number of hydrogen-bond acceptors (Lipinski definition) is 4. The predicted octanol–water partition coefficient (Wildman–Crippen LogP) is 0.912. The van der Waals surface area contributed by atoms with Gasteiger partial charge < -0.3 is 10.4 Å². The van der Waals surface area contributed by atoms with Gasteiger partial charge >= 0.3 is 5.97 Å². The molecule has 1 aliphatic rings. The fourth-order valence-corrected chi connectivity index (χ4v) is 2.08. The Morgan fingerprint density at radius 3 is 2.74 bits per heavy atom. The van der Waals surface area contributed by atoms with Gasteiger partial charge in [-0.25, -0.2) is 4.79 Å².